The van der Waals surface area contributed by atoms with Gasteiger partial charge in [0.2, 0.25) is 10.0 Å². The molecule has 0 spiro atoms. The van der Waals surface area contributed by atoms with Crippen molar-refractivity contribution in [2.75, 3.05) is 29.5 Å². The molecule has 148 valence electrons. The van der Waals surface area contributed by atoms with Crippen molar-refractivity contribution >= 4 is 39.2 Å². The summed E-state index contributed by atoms with van der Waals surface area (Å²) < 4.78 is 30.9. The fourth-order valence-corrected chi connectivity index (χ4v) is 4.84. The molecule has 0 radical (unpaired) electrons. The molecular weight excluding hydrogens is 398 g/mol. The fraction of sp³-hybridized carbons (Fsp3) is 0.300. The molecule has 1 aliphatic heterocycles. The first kappa shape index (κ1) is 20.4. The number of esters is 1. The number of ketones is 1. The molecule has 0 amide bonds. The van der Waals surface area contributed by atoms with Gasteiger partial charge in [-0.25, -0.2) is 13.2 Å². The first-order chi connectivity index (χ1) is 13.4. The lowest BCUT2D eigenvalue weighted by Gasteiger charge is -2.18. The molecule has 1 aliphatic rings. The number of carbonyl (C=O) groups excluding carboxylic acids is 2. The number of carbonyl (C=O) groups is 2. The van der Waals surface area contributed by atoms with Crippen molar-refractivity contribution in [1.82, 2.24) is 0 Å². The van der Waals surface area contributed by atoms with Gasteiger partial charge in [-0.15, -0.1) is 11.8 Å². The Labute approximate surface area is 168 Å². The van der Waals surface area contributed by atoms with Gasteiger partial charge in [0.25, 0.3) is 0 Å². The minimum atomic E-state index is -3.33. The standard InChI is InChI=1S/C20H21NO5S2/c1-3-28(24,25)21-11-10-14-12-15(8-9-17(14)21)18(22)13-26-20(23)16-6-4-5-7-19(16)27-2/h4-9,12H,3,10-11,13H2,1-2H3. The molecule has 8 heteroatoms. The van der Waals surface area contributed by atoms with E-state index < -0.39 is 16.0 Å². The molecule has 3 rings (SSSR count). The summed E-state index contributed by atoms with van der Waals surface area (Å²) >= 11 is 1.43. The zero-order valence-electron chi connectivity index (χ0n) is 15.7. The highest BCUT2D eigenvalue weighted by Crippen LogP contribution is 2.31. The van der Waals surface area contributed by atoms with Crippen LogP contribution in [0.5, 0.6) is 0 Å². The van der Waals surface area contributed by atoms with Gasteiger partial charge >= 0.3 is 5.97 Å². The lowest BCUT2D eigenvalue weighted by atomic mass is 10.1. The Balaban J connectivity index is 1.70. The van der Waals surface area contributed by atoms with E-state index in [1.807, 2.05) is 18.4 Å². The molecular formula is C20H21NO5S2. The second kappa shape index (κ2) is 8.36. The molecule has 6 nitrogen and oxygen atoms in total. The first-order valence-corrected chi connectivity index (χ1v) is 11.7. The molecule has 2 aromatic carbocycles. The van der Waals surface area contributed by atoms with Crippen LogP contribution < -0.4 is 4.31 Å². The summed E-state index contributed by atoms with van der Waals surface area (Å²) in [5.41, 5.74) is 2.25. The number of hydrogen-bond acceptors (Lipinski definition) is 6. The van der Waals surface area contributed by atoms with Crippen molar-refractivity contribution in [2.45, 2.75) is 18.2 Å². The van der Waals surface area contributed by atoms with Gasteiger partial charge in [-0.05, 0) is 55.5 Å². The van der Waals surface area contributed by atoms with Crippen LogP contribution >= 0.6 is 11.8 Å². The van der Waals surface area contributed by atoms with Crippen molar-refractivity contribution in [3.05, 3.63) is 59.2 Å². The van der Waals surface area contributed by atoms with Crippen LogP contribution in [0.2, 0.25) is 0 Å². The number of fused-ring (bicyclic) bond motifs is 1. The molecule has 0 saturated carbocycles. The smallest absolute Gasteiger partial charge is 0.339 e. The van der Waals surface area contributed by atoms with Crippen LogP contribution in [-0.2, 0) is 21.2 Å². The van der Waals surface area contributed by atoms with Crippen molar-refractivity contribution in [1.29, 1.82) is 0 Å². The lowest BCUT2D eigenvalue weighted by molar-refractivity contribution is 0.0471. The second-order valence-electron chi connectivity index (χ2n) is 6.27. The van der Waals surface area contributed by atoms with Gasteiger partial charge in [0, 0.05) is 17.0 Å². The van der Waals surface area contributed by atoms with Crippen LogP contribution in [0, 0.1) is 0 Å². The summed E-state index contributed by atoms with van der Waals surface area (Å²) in [6, 6.07) is 12.0. The van der Waals surface area contributed by atoms with Crippen LogP contribution in [0.4, 0.5) is 5.69 Å². The van der Waals surface area contributed by atoms with Crippen LogP contribution in [0.25, 0.3) is 0 Å². The van der Waals surface area contributed by atoms with E-state index in [4.69, 9.17) is 4.74 Å². The van der Waals surface area contributed by atoms with E-state index in [0.717, 1.165) is 10.5 Å². The Morgan fingerprint density at radius 2 is 1.93 bits per heavy atom. The van der Waals surface area contributed by atoms with Crippen molar-refractivity contribution in [3.63, 3.8) is 0 Å². The first-order valence-electron chi connectivity index (χ1n) is 8.84. The Kier molecular flexibility index (Phi) is 6.10. The van der Waals surface area contributed by atoms with Gasteiger partial charge in [-0.3, -0.25) is 9.10 Å². The number of nitrogens with zero attached hydrogens (tertiary/aromatic N) is 1. The third-order valence-corrected chi connectivity index (χ3v) is 7.19. The number of hydrogen-bond donors (Lipinski definition) is 0. The average molecular weight is 420 g/mol. The highest BCUT2D eigenvalue weighted by atomic mass is 32.2. The Morgan fingerprint density at radius 1 is 1.18 bits per heavy atom. The minimum Gasteiger partial charge on any atom is -0.454 e. The van der Waals surface area contributed by atoms with E-state index in [1.165, 1.54) is 16.1 Å². The van der Waals surface area contributed by atoms with Crippen LogP contribution in [-0.4, -0.2) is 45.3 Å². The number of Topliss-reactive ketones (excluding diaryl/α,β-unsaturated/α-hetero) is 1. The van der Waals surface area contributed by atoms with Crippen LogP contribution in [0.1, 0.15) is 33.2 Å². The van der Waals surface area contributed by atoms with Gasteiger partial charge < -0.3 is 4.74 Å². The summed E-state index contributed by atoms with van der Waals surface area (Å²) in [5.74, 6) is -0.838. The van der Waals surface area contributed by atoms with Gasteiger partial charge in [-0.1, -0.05) is 12.1 Å². The molecule has 0 unspecified atom stereocenters. The Morgan fingerprint density at radius 3 is 2.64 bits per heavy atom. The van der Waals surface area contributed by atoms with Crippen molar-refractivity contribution in [2.24, 2.45) is 0 Å². The third-order valence-electron chi connectivity index (χ3n) is 4.62. The summed E-state index contributed by atoms with van der Waals surface area (Å²) in [6.07, 6.45) is 2.42. The minimum absolute atomic E-state index is 0.0284. The molecule has 0 aromatic heterocycles. The fourth-order valence-electron chi connectivity index (χ4n) is 3.10. The maximum Gasteiger partial charge on any atom is 0.339 e. The van der Waals surface area contributed by atoms with Crippen molar-refractivity contribution in [3.8, 4) is 0 Å². The third kappa shape index (κ3) is 4.07. The number of ether oxygens (including phenoxy) is 1. The molecule has 0 N–H and O–H groups in total. The normalized spacial score (nSPS) is 13.3. The predicted octanol–water partition coefficient (Wildman–Crippen LogP) is 3.16. The summed E-state index contributed by atoms with van der Waals surface area (Å²) in [4.78, 5) is 25.5. The Hall–Kier alpha value is -2.32. The largest absolute Gasteiger partial charge is 0.454 e. The van der Waals surface area contributed by atoms with E-state index in [2.05, 4.69) is 0 Å². The van der Waals surface area contributed by atoms with Gasteiger partial charge in [0.05, 0.1) is 17.0 Å². The molecule has 0 saturated heterocycles. The number of anilines is 1. The monoisotopic (exact) mass is 419 g/mol. The molecule has 0 fully saturated rings. The maximum absolute atomic E-state index is 12.5. The van der Waals surface area contributed by atoms with Gasteiger partial charge in [-0.2, -0.15) is 0 Å². The number of sulfonamides is 1. The van der Waals surface area contributed by atoms with Gasteiger partial charge in [0.15, 0.2) is 12.4 Å². The number of thioether (sulfide) groups is 1. The number of benzene rings is 2. The van der Waals surface area contributed by atoms with E-state index >= 15 is 0 Å². The molecule has 1 heterocycles. The maximum atomic E-state index is 12.5. The molecule has 2 aromatic rings. The summed E-state index contributed by atoms with van der Waals surface area (Å²) in [6.45, 7) is 1.62. The topological polar surface area (TPSA) is 80.8 Å². The molecule has 28 heavy (non-hydrogen) atoms. The zero-order chi connectivity index (χ0) is 20.3. The van der Waals surface area contributed by atoms with E-state index in [-0.39, 0.29) is 18.1 Å². The average Bonchev–Trinajstić information content (AvgIpc) is 3.15. The number of rotatable bonds is 7. The van der Waals surface area contributed by atoms with Crippen LogP contribution in [0.3, 0.4) is 0 Å². The molecule has 0 atom stereocenters. The SMILES string of the molecule is CCS(=O)(=O)N1CCc2cc(C(=O)COC(=O)c3ccccc3SC)ccc21. The summed E-state index contributed by atoms with van der Waals surface area (Å²) in [7, 11) is -3.33. The second-order valence-corrected chi connectivity index (χ2v) is 9.30. The van der Waals surface area contributed by atoms with E-state index in [0.29, 0.717) is 29.8 Å². The van der Waals surface area contributed by atoms with Crippen molar-refractivity contribution < 1.29 is 22.7 Å². The predicted molar refractivity (Wildman–Crippen MR) is 110 cm³/mol. The lowest BCUT2D eigenvalue weighted by Crippen LogP contribution is -2.30. The highest BCUT2D eigenvalue weighted by Gasteiger charge is 2.28. The molecule has 0 bridgehead atoms. The highest BCUT2D eigenvalue weighted by molar-refractivity contribution is 7.98. The van der Waals surface area contributed by atoms with Gasteiger partial charge in [0.1, 0.15) is 0 Å². The summed E-state index contributed by atoms with van der Waals surface area (Å²) in [5, 5.41) is 0. The van der Waals surface area contributed by atoms with E-state index in [1.54, 1.807) is 37.3 Å². The quantitative estimate of drug-likeness (QED) is 0.390. The Bertz CT molecular complexity index is 1020. The van der Waals surface area contributed by atoms with Crippen LogP contribution in [0.15, 0.2) is 47.4 Å². The molecule has 0 aliphatic carbocycles. The van der Waals surface area contributed by atoms with E-state index in [9.17, 15) is 18.0 Å². The zero-order valence-corrected chi connectivity index (χ0v) is 17.3.